The highest BCUT2D eigenvalue weighted by molar-refractivity contribution is 7.93. The van der Waals surface area contributed by atoms with E-state index < -0.39 is 38.7 Å². The number of hydrogen-bond acceptors (Lipinski definition) is 7. The molecule has 1 aliphatic heterocycles. The minimum Gasteiger partial charge on any atom is -0.495 e. The number of nitrogens with zero attached hydrogens (tertiary/aromatic N) is 1. The van der Waals surface area contributed by atoms with E-state index in [4.69, 9.17) is 26.8 Å². The van der Waals surface area contributed by atoms with Crippen LogP contribution in [0.15, 0.2) is 59.5 Å². The molecule has 1 aliphatic rings. The smallest absolute Gasteiger partial charge is 0.274 e. The molecule has 4 rings (SSSR count). The topological polar surface area (TPSA) is 145 Å². The first-order chi connectivity index (χ1) is 19.6. The Kier molecular flexibility index (Phi) is 8.05. The van der Waals surface area contributed by atoms with Gasteiger partial charge >= 0.3 is 0 Å². The van der Waals surface area contributed by atoms with Crippen LogP contribution in [0.4, 0.5) is 5.69 Å². The molecule has 222 valence electrons. The van der Waals surface area contributed by atoms with E-state index >= 15 is 0 Å². The molecule has 3 amide bonds. The van der Waals surface area contributed by atoms with Crippen molar-refractivity contribution in [3.8, 4) is 11.5 Å². The Labute approximate surface area is 249 Å². The van der Waals surface area contributed by atoms with Crippen molar-refractivity contribution in [2.24, 2.45) is 5.73 Å². The van der Waals surface area contributed by atoms with Crippen LogP contribution in [0.25, 0.3) is 0 Å². The third kappa shape index (κ3) is 5.30. The number of nitrogens with two attached hydrogens (primary N) is 1. The van der Waals surface area contributed by atoms with E-state index in [0.29, 0.717) is 22.2 Å². The first-order valence-corrected chi connectivity index (χ1v) is 14.9. The standard InChI is InChI=1S/C30H32ClN3O7S/c1-7-41-19-10-12-23-21(16-19)30(5,20-14-17(26(32)35)8-11-22(20)31)28(37)34(23)42(38,39)25-13-9-18(15-24(25)40-6)27(36)33-29(2,3)4/h8-16H,7H2,1-6H3,(H2,32,35)(H,33,36). The lowest BCUT2D eigenvalue weighted by Crippen LogP contribution is -2.42. The molecule has 10 nitrogen and oxygen atoms in total. The van der Waals surface area contributed by atoms with Gasteiger partial charge < -0.3 is 20.5 Å². The molecule has 12 heteroatoms. The number of methoxy groups -OCH3 is 1. The molecule has 0 fully saturated rings. The van der Waals surface area contributed by atoms with Gasteiger partial charge in [-0.2, -0.15) is 0 Å². The number of ether oxygens (including phenoxy) is 2. The first kappa shape index (κ1) is 30.9. The van der Waals surface area contributed by atoms with Gasteiger partial charge in [0.25, 0.3) is 21.8 Å². The zero-order valence-corrected chi connectivity index (χ0v) is 25.6. The summed E-state index contributed by atoms with van der Waals surface area (Å²) in [4.78, 5) is 38.8. The number of carbonyl (C=O) groups excluding carboxylic acids is 3. The lowest BCUT2D eigenvalue weighted by atomic mass is 9.76. The van der Waals surface area contributed by atoms with Gasteiger partial charge in [-0.15, -0.1) is 0 Å². The number of amides is 3. The van der Waals surface area contributed by atoms with E-state index in [1.165, 1.54) is 56.5 Å². The van der Waals surface area contributed by atoms with Crippen LogP contribution < -0.4 is 24.8 Å². The number of sulfonamides is 1. The SMILES string of the molecule is CCOc1ccc2c(c1)C(C)(c1cc(C(N)=O)ccc1Cl)C(=O)N2S(=O)(=O)c1ccc(C(=O)NC(C)(C)C)cc1OC. The number of rotatable bonds is 8. The van der Waals surface area contributed by atoms with Crippen LogP contribution in [-0.4, -0.2) is 45.4 Å². The van der Waals surface area contributed by atoms with Gasteiger partial charge in [-0.3, -0.25) is 14.4 Å². The number of carbonyl (C=O) groups is 3. The van der Waals surface area contributed by atoms with E-state index in [9.17, 15) is 22.8 Å². The highest BCUT2D eigenvalue weighted by Gasteiger charge is 2.54. The Morgan fingerprint density at radius 2 is 1.69 bits per heavy atom. The second-order valence-electron chi connectivity index (χ2n) is 10.9. The van der Waals surface area contributed by atoms with E-state index in [1.54, 1.807) is 19.1 Å². The molecule has 0 aromatic heterocycles. The molecule has 0 saturated carbocycles. The normalized spacial score (nSPS) is 16.6. The number of hydrogen-bond donors (Lipinski definition) is 2. The molecule has 0 bridgehead atoms. The number of fused-ring (bicyclic) bond motifs is 1. The minimum absolute atomic E-state index is 0.0723. The number of anilines is 1. The van der Waals surface area contributed by atoms with Gasteiger partial charge in [0, 0.05) is 27.3 Å². The van der Waals surface area contributed by atoms with Crippen molar-refractivity contribution >= 4 is 45.0 Å². The molecule has 1 atom stereocenters. The predicted molar refractivity (Wildman–Crippen MR) is 159 cm³/mol. The van der Waals surface area contributed by atoms with Gasteiger partial charge in [0.15, 0.2) is 0 Å². The highest BCUT2D eigenvalue weighted by Crippen LogP contribution is 2.51. The molecule has 3 aromatic rings. The first-order valence-electron chi connectivity index (χ1n) is 13.0. The average molecular weight is 614 g/mol. The summed E-state index contributed by atoms with van der Waals surface area (Å²) in [6.45, 7) is 9.10. The minimum atomic E-state index is -4.61. The summed E-state index contributed by atoms with van der Waals surface area (Å²) in [6.07, 6.45) is 0. The average Bonchev–Trinajstić information content (AvgIpc) is 3.14. The fraction of sp³-hybridized carbons (Fsp3) is 0.300. The lowest BCUT2D eigenvalue weighted by molar-refractivity contribution is -0.120. The van der Waals surface area contributed by atoms with Gasteiger partial charge in [-0.25, -0.2) is 12.7 Å². The van der Waals surface area contributed by atoms with Crippen molar-refractivity contribution in [2.45, 2.75) is 50.5 Å². The largest absolute Gasteiger partial charge is 0.495 e. The van der Waals surface area contributed by atoms with Gasteiger partial charge in [-0.1, -0.05) is 11.6 Å². The second-order valence-corrected chi connectivity index (χ2v) is 13.1. The summed E-state index contributed by atoms with van der Waals surface area (Å²) in [5, 5.41) is 2.95. The fourth-order valence-electron chi connectivity index (χ4n) is 4.87. The quantitative estimate of drug-likeness (QED) is 0.383. The van der Waals surface area contributed by atoms with Crippen LogP contribution in [0.5, 0.6) is 11.5 Å². The molecule has 0 spiro atoms. The van der Waals surface area contributed by atoms with E-state index in [-0.39, 0.29) is 38.0 Å². The Balaban J connectivity index is 1.93. The van der Waals surface area contributed by atoms with Gasteiger partial charge in [-0.05, 0) is 94.8 Å². The van der Waals surface area contributed by atoms with Gasteiger partial charge in [0.1, 0.15) is 21.8 Å². The van der Waals surface area contributed by atoms with E-state index in [1.807, 2.05) is 20.8 Å². The van der Waals surface area contributed by atoms with Crippen LogP contribution in [-0.2, 0) is 20.2 Å². The van der Waals surface area contributed by atoms with Gasteiger partial charge in [0.2, 0.25) is 5.91 Å². The summed E-state index contributed by atoms with van der Waals surface area (Å²) in [5.74, 6) is -1.73. The van der Waals surface area contributed by atoms with Crippen molar-refractivity contribution < 1.29 is 32.3 Å². The molecule has 3 aromatic carbocycles. The molecular formula is C30H32ClN3O7S. The zero-order chi connectivity index (χ0) is 31.2. The van der Waals surface area contributed by atoms with Crippen LogP contribution in [0, 0.1) is 0 Å². The van der Waals surface area contributed by atoms with E-state index in [2.05, 4.69) is 5.32 Å². The summed E-state index contributed by atoms with van der Waals surface area (Å²) in [6, 6.07) is 12.7. The van der Waals surface area contributed by atoms with Gasteiger partial charge in [0.05, 0.1) is 19.4 Å². The van der Waals surface area contributed by atoms with Crippen LogP contribution in [0.1, 0.15) is 66.5 Å². The number of benzene rings is 3. The molecule has 42 heavy (non-hydrogen) atoms. The molecule has 3 N–H and O–H groups in total. The molecule has 0 radical (unpaired) electrons. The highest BCUT2D eigenvalue weighted by atomic mass is 35.5. The maximum absolute atomic E-state index is 14.4. The zero-order valence-electron chi connectivity index (χ0n) is 24.1. The van der Waals surface area contributed by atoms with Crippen LogP contribution in [0.2, 0.25) is 5.02 Å². The summed E-state index contributed by atoms with van der Waals surface area (Å²) in [5.41, 5.74) is 4.15. The molecule has 0 saturated heterocycles. The summed E-state index contributed by atoms with van der Waals surface area (Å²) in [7, 11) is -3.34. The van der Waals surface area contributed by atoms with Crippen molar-refractivity contribution in [3.63, 3.8) is 0 Å². The summed E-state index contributed by atoms with van der Waals surface area (Å²) < 4.78 is 40.3. The Bertz CT molecular complexity index is 1720. The Morgan fingerprint density at radius 3 is 2.29 bits per heavy atom. The third-order valence-corrected chi connectivity index (χ3v) is 8.94. The molecular weight excluding hydrogens is 582 g/mol. The second kappa shape index (κ2) is 11.0. The van der Waals surface area contributed by atoms with Crippen molar-refractivity contribution in [3.05, 3.63) is 81.9 Å². The Hall–Kier alpha value is -4.09. The monoisotopic (exact) mass is 613 g/mol. The number of halogens is 1. The molecule has 1 heterocycles. The maximum atomic E-state index is 14.4. The van der Waals surface area contributed by atoms with Crippen molar-refractivity contribution in [1.29, 1.82) is 0 Å². The Morgan fingerprint density at radius 1 is 1.02 bits per heavy atom. The van der Waals surface area contributed by atoms with Crippen LogP contribution >= 0.6 is 11.6 Å². The summed E-state index contributed by atoms with van der Waals surface area (Å²) >= 11 is 6.56. The predicted octanol–water partition coefficient (Wildman–Crippen LogP) is 4.42. The number of nitrogens with one attached hydrogen (secondary N) is 1. The maximum Gasteiger partial charge on any atom is 0.274 e. The molecule has 1 unspecified atom stereocenters. The van der Waals surface area contributed by atoms with Crippen LogP contribution in [0.3, 0.4) is 0 Å². The lowest BCUT2D eigenvalue weighted by Gasteiger charge is -2.26. The fourth-order valence-corrected chi connectivity index (χ4v) is 6.83. The van der Waals surface area contributed by atoms with Crippen molar-refractivity contribution in [1.82, 2.24) is 5.32 Å². The third-order valence-electron chi connectivity index (χ3n) is 6.87. The molecule has 0 aliphatic carbocycles. The van der Waals surface area contributed by atoms with Crippen molar-refractivity contribution in [2.75, 3.05) is 18.0 Å². The number of primary amides is 1. The van der Waals surface area contributed by atoms with E-state index in [0.717, 1.165) is 0 Å².